The molecule has 0 aliphatic carbocycles. The zero-order valence-electron chi connectivity index (χ0n) is 16.2. The number of carbonyl (C=O) groups excluding carboxylic acids is 2. The minimum atomic E-state index is -0.514. The summed E-state index contributed by atoms with van der Waals surface area (Å²) in [5.74, 6) is 5.64. The Morgan fingerprint density at radius 3 is 1.97 bits per heavy atom. The Bertz CT molecular complexity index is 1110. The summed E-state index contributed by atoms with van der Waals surface area (Å²) in [5.41, 5.74) is 2.90. The van der Waals surface area contributed by atoms with Gasteiger partial charge in [0.2, 0.25) is 0 Å². The van der Waals surface area contributed by atoms with E-state index in [1.165, 1.54) is 37.5 Å². The van der Waals surface area contributed by atoms with Gasteiger partial charge in [0.15, 0.2) is 0 Å². The van der Waals surface area contributed by atoms with Crippen molar-refractivity contribution in [2.45, 2.75) is 0 Å². The number of phenolic OH excluding ortho intramolecular Hbond substituents is 1. The van der Waals surface area contributed by atoms with Crippen LogP contribution in [-0.2, 0) is 9.53 Å². The molecule has 30 heavy (non-hydrogen) atoms. The molecule has 5 nitrogen and oxygen atoms in total. The van der Waals surface area contributed by atoms with Crippen LogP contribution >= 0.6 is 0 Å². The molecule has 0 bridgehead atoms. The number of hydrogen-bond donors (Lipinski definition) is 1. The van der Waals surface area contributed by atoms with Gasteiger partial charge in [0.1, 0.15) is 11.5 Å². The monoisotopic (exact) mass is 398 g/mol. The number of carbonyl (C=O) groups is 2. The minimum absolute atomic E-state index is 0.103. The van der Waals surface area contributed by atoms with Crippen molar-refractivity contribution < 1.29 is 24.2 Å². The van der Waals surface area contributed by atoms with E-state index in [-0.39, 0.29) is 11.7 Å². The molecular formula is C25H18O5. The smallest absolute Gasteiger partial charge is 0.337 e. The SMILES string of the molecule is COC(=O)c1ccc(C#Cc2ccc(/C=C/C(=O)Oc3ccc(O)cc3)cc2)cc1. The summed E-state index contributed by atoms with van der Waals surface area (Å²) in [6.07, 6.45) is 2.97. The second-order valence-corrected chi connectivity index (χ2v) is 6.19. The van der Waals surface area contributed by atoms with Gasteiger partial charge in [-0.15, -0.1) is 0 Å². The van der Waals surface area contributed by atoms with E-state index in [4.69, 9.17) is 4.74 Å². The highest BCUT2D eigenvalue weighted by atomic mass is 16.5. The van der Waals surface area contributed by atoms with E-state index in [0.29, 0.717) is 11.3 Å². The molecule has 148 valence electrons. The summed E-state index contributed by atoms with van der Waals surface area (Å²) >= 11 is 0. The lowest BCUT2D eigenvalue weighted by atomic mass is 10.1. The van der Waals surface area contributed by atoms with Crippen LogP contribution in [0.25, 0.3) is 6.08 Å². The van der Waals surface area contributed by atoms with Crippen LogP contribution in [0.1, 0.15) is 27.0 Å². The summed E-state index contributed by atoms with van der Waals surface area (Å²) in [6, 6.07) is 20.1. The van der Waals surface area contributed by atoms with Gasteiger partial charge in [-0.2, -0.15) is 0 Å². The van der Waals surface area contributed by atoms with E-state index < -0.39 is 5.97 Å². The van der Waals surface area contributed by atoms with Crippen molar-refractivity contribution in [3.63, 3.8) is 0 Å². The zero-order valence-corrected chi connectivity index (χ0v) is 16.2. The number of benzene rings is 3. The van der Waals surface area contributed by atoms with Crippen molar-refractivity contribution in [2.24, 2.45) is 0 Å². The maximum Gasteiger partial charge on any atom is 0.337 e. The lowest BCUT2D eigenvalue weighted by molar-refractivity contribution is -0.128. The van der Waals surface area contributed by atoms with Crippen LogP contribution in [0.5, 0.6) is 11.5 Å². The number of esters is 2. The van der Waals surface area contributed by atoms with Crippen LogP contribution in [0.15, 0.2) is 78.9 Å². The molecule has 0 saturated carbocycles. The van der Waals surface area contributed by atoms with Gasteiger partial charge in [-0.1, -0.05) is 24.0 Å². The normalized spacial score (nSPS) is 10.2. The van der Waals surface area contributed by atoms with Crippen molar-refractivity contribution in [2.75, 3.05) is 7.11 Å². The van der Waals surface area contributed by atoms with Crippen LogP contribution in [0.3, 0.4) is 0 Å². The molecule has 0 amide bonds. The average Bonchev–Trinajstić information content (AvgIpc) is 2.78. The Morgan fingerprint density at radius 1 is 0.833 bits per heavy atom. The molecular weight excluding hydrogens is 380 g/mol. The molecule has 0 aliphatic heterocycles. The highest BCUT2D eigenvalue weighted by molar-refractivity contribution is 5.89. The molecule has 0 atom stereocenters. The van der Waals surface area contributed by atoms with Gasteiger partial charge in [-0.3, -0.25) is 0 Å². The van der Waals surface area contributed by atoms with Crippen molar-refractivity contribution in [3.8, 4) is 23.3 Å². The zero-order chi connectivity index (χ0) is 21.3. The number of phenols is 1. The van der Waals surface area contributed by atoms with Crippen molar-refractivity contribution in [3.05, 3.63) is 101 Å². The van der Waals surface area contributed by atoms with Gasteiger partial charge in [0, 0.05) is 17.2 Å². The molecule has 5 heteroatoms. The van der Waals surface area contributed by atoms with E-state index in [0.717, 1.165) is 16.7 Å². The van der Waals surface area contributed by atoms with Gasteiger partial charge in [-0.05, 0) is 72.3 Å². The number of rotatable bonds is 4. The lowest BCUT2D eigenvalue weighted by Gasteiger charge is -2.01. The molecule has 0 aromatic heterocycles. The van der Waals surface area contributed by atoms with Gasteiger partial charge in [-0.25, -0.2) is 9.59 Å². The molecule has 0 spiro atoms. The second kappa shape index (κ2) is 9.76. The lowest BCUT2D eigenvalue weighted by Crippen LogP contribution is -2.03. The fourth-order valence-electron chi connectivity index (χ4n) is 2.46. The molecule has 0 heterocycles. The Hall–Kier alpha value is -4.30. The van der Waals surface area contributed by atoms with Crippen molar-refractivity contribution in [1.82, 2.24) is 0 Å². The summed E-state index contributed by atoms with van der Waals surface area (Å²) in [5, 5.41) is 9.23. The third kappa shape index (κ3) is 5.85. The van der Waals surface area contributed by atoms with E-state index >= 15 is 0 Å². The summed E-state index contributed by atoms with van der Waals surface area (Å²) in [4.78, 5) is 23.3. The van der Waals surface area contributed by atoms with Gasteiger partial charge >= 0.3 is 11.9 Å². The molecule has 3 aromatic carbocycles. The first-order chi connectivity index (χ1) is 14.5. The first-order valence-electron chi connectivity index (χ1n) is 9.03. The van der Waals surface area contributed by atoms with Gasteiger partial charge in [0.25, 0.3) is 0 Å². The number of ether oxygens (including phenoxy) is 2. The molecule has 3 aromatic rings. The summed E-state index contributed by atoms with van der Waals surface area (Å²) in [6.45, 7) is 0. The highest BCUT2D eigenvalue weighted by Gasteiger charge is 2.03. The van der Waals surface area contributed by atoms with E-state index in [9.17, 15) is 14.7 Å². The number of hydrogen-bond acceptors (Lipinski definition) is 5. The van der Waals surface area contributed by atoms with E-state index in [1.54, 1.807) is 30.3 Å². The second-order valence-electron chi connectivity index (χ2n) is 6.19. The molecule has 0 aliphatic rings. The van der Waals surface area contributed by atoms with E-state index in [1.807, 2.05) is 24.3 Å². The summed E-state index contributed by atoms with van der Waals surface area (Å²) in [7, 11) is 1.34. The maximum absolute atomic E-state index is 11.9. The van der Waals surface area contributed by atoms with Crippen LogP contribution in [-0.4, -0.2) is 24.2 Å². The minimum Gasteiger partial charge on any atom is -0.508 e. The van der Waals surface area contributed by atoms with Gasteiger partial charge < -0.3 is 14.6 Å². The third-order valence-electron chi connectivity index (χ3n) is 4.03. The van der Waals surface area contributed by atoms with Crippen LogP contribution in [0, 0.1) is 11.8 Å². The highest BCUT2D eigenvalue weighted by Crippen LogP contribution is 2.16. The first-order valence-corrected chi connectivity index (χ1v) is 9.03. The predicted octanol–water partition coefficient (Wildman–Crippen LogP) is 4.20. The predicted molar refractivity (Wildman–Crippen MR) is 113 cm³/mol. The molecule has 3 rings (SSSR count). The standard InChI is InChI=1S/C25H18O5/c1-29-25(28)21-11-8-20(9-12-21)7-4-18-2-5-19(6-3-18)10-17-24(27)30-23-15-13-22(26)14-16-23/h2-3,5-6,8-17,26H,1H3/b17-10+. The van der Waals surface area contributed by atoms with Crippen molar-refractivity contribution >= 4 is 18.0 Å². The third-order valence-corrected chi connectivity index (χ3v) is 4.03. The summed E-state index contributed by atoms with van der Waals surface area (Å²) < 4.78 is 9.81. The van der Waals surface area contributed by atoms with Gasteiger partial charge in [0.05, 0.1) is 12.7 Å². The number of aromatic hydroxyl groups is 1. The first kappa shape index (κ1) is 20.4. The Kier molecular flexibility index (Phi) is 6.65. The topological polar surface area (TPSA) is 72.8 Å². The Morgan fingerprint density at radius 2 is 1.40 bits per heavy atom. The number of methoxy groups -OCH3 is 1. The molecule has 1 N–H and O–H groups in total. The Labute approximate surface area is 174 Å². The maximum atomic E-state index is 11.9. The van der Waals surface area contributed by atoms with E-state index in [2.05, 4.69) is 16.6 Å². The fraction of sp³-hybridized carbons (Fsp3) is 0.0400. The van der Waals surface area contributed by atoms with Crippen LogP contribution in [0.4, 0.5) is 0 Å². The van der Waals surface area contributed by atoms with Crippen LogP contribution in [0.2, 0.25) is 0 Å². The Balaban J connectivity index is 1.59. The molecule has 0 radical (unpaired) electrons. The largest absolute Gasteiger partial charge is 0.508 e. The molecule has 0 saturated heterocycles. The fourth-order valence-corrected chi connectivity index (χ4v) is 2.46. The molecule has 0 fully saturated rings. The molecule has 0 unspecified atom stereocenters. The average molecular weight is 398 g/mol. The van der Waals surface area contributed by atoms with Crippen molar-refractivity contribution in [1.29, 1.82) is 0 Å². The quantitative estimate of drug-likeness (QED) is 0.309. The van der Waals surface area contributed by atoms with Crippen LogP contribution < -0.4 is 4.74 Å².